The van der Waals surface area contributed by atoms with Crippen LogP contribution < -0.4 is 4.90 Å². The van der Waals surface area contributed by atoms with Crippen LogP contribution in [0, 0.1) is 0 Å². The molecule has 0 N–H and O–H groups in total. The first kappa shape index (κ1) is 12.4. The summed E-state index contributed by atoms with van der Waals surface area (Å²) in [5.74, 6) is 0.250. The number of nitrogens with zero attached hydrogens (tertiary/aromatic N) is 1. The van der Waals surface area contributed by atoms with Gasteiger partial charge in [0.2, 0.25) is 0 Å². The Labute approximate surface area is 108 Å². The molecule has 1 aromatic rings. The quantitative estimate of drug-likeness (QED) is 0.820. The van der Waals surface area contributed by atoms with Crippen LogP contribution >= 0.6 is 11.6 Å². The van der Waals surface area contributed by atoms with E-state index >= 15 is 0 Å². The fourth-order valence-corrected chi connectivity index (χ4v) is 2.92. The Balaban J connectivity index is 2.33. The minimum atomic E-state index is 0.250. The fraction of sp³-hybridized carbons (Fsp3) is 0.500. The number of halogens is 1. The predicted octanol–water partition coefficient (Wildman–Crippen LogP) is 3.46. The number of carbonyl (C=O) groups is 1. The van der Waals surface area contributed by atoms with Gasteiger partial charge >= 0.3 is 0 Å². The zero-order valence-electron chi connectivity index (χ0n) is 10.5. The first-order valence-electron chi connectivity index (χ1n) is 6.05. The third kappa shape index (κ3) is 2.47. The van der Waals surface area contributed by atoms with Crippen LogP contribution in [0.5, 0.6) is 0 Å². The summed E-state index contributed by atoms with van der Waals surface area (Å²) in [6, 6.07) is 6.71. The van der Waals surface area contributed by atoms with Crippen molar-refractivity contribution in [2.45, 2.75) is 45.7 Å². The lowest BCUT2D eigenvalue weighted by Crippen LogP contribution is -2.38. The summed E-state index contributed by atoms with van der Waals surface area (Å²) in [6.45, 7) is 5.99. The summed E-state index contributed by atoms with van der Waals surface area (Å²) in [6.07, 6.45) is 1.54. The van der Waals surface area contributed by atoms with E-state index in [1.807, 2.05) is 12.1 Å². The van der Waals surface area contributed by atoms with Gasteiger partial charge in [0.1, 0.15) is 5.78 Å². The molecule has 2 rings (SSSR count). The highest BCUT2D eigenvalue weighted by molar-refractivity contribution is 6.30. The van der Waals surface area contributed by atoms with Crippen molar-refractivity contribution in [3.8, 4) is 0 Å². The van der Waals surface area contributed by atoms with E-state index in [0.29, 0.717) is 18.5 Å². The van der Waals surface area contributed by atoms with Crippen molar-refractivity contribution in [1.29, 1.82) is 0 Å². The van der Waals surface area contributed by atoms with Crippen molar-refractivity contribution in [1.82, 2.24) is 0 Å². The van der Waals surface area contributed by atoms with Crippen LogP contribution in [-0.4, -0.2) is 17.9 Å². The molecule has 1 aromatic carbocycles. The number of carbonyl (C=O) groups excluding carboxylic acids is 1. The van der Waals surface area contributed by atoms with Crippen LogP contribution in [0.25, 0.3) is 0 Å². The van der Waals surface area contributed by atoms with Crippen LogP contribution in [0.4, 0.5) is 5.69 Å². The lowest BCUT2D eigenvalue weighted by molar-refractivity contribution is -0.117. The Morgan fingerprint density at radius 2 is 2.24 bits per heavy atom. The van der Waals surface area contributed by atoms with Crippen molar-refractivity contribution in [3.05, 3.63) is 28.8 Å². The minimum Gasteiger partial charge on any atom is -0.365 e. The normalized spacial score (nSPS) is 18.6. The molecule has 0 aliphatic carbocycles. The Kier molecular flexibility index (Phi) is 3.43. The third-order valence-corrected chi connectivity index (χ3v) is 3.48. The molecular formula is C14H18ClNO. The van der Waals surface area contributed by atoms with Crippen molar-refractivity contribution >= 4 is 23.1 Å². The van der Waals surface area contributed by atoms with Gasteiger partial charge in [-0.3, -0.25) is 4.79 Å². The van der Waals surface area contributed by atoms with Crippen molar-refractivity contribution in [2.24, 2.45) is 0 Å². The Bertz CT molecular complexity index is 442. The molecule has 0 saturated heterocycles. The van der Waals surface area contributed by atoms with Gasteiger partial charge in [0, 0.05) is 29.2 Å². The summed E-state index contributed by atoms with van der Waals surface area (Å²) < 4.78 is 0. The number of hydrogen-bond donors (Lipinski definition) is 0. The molecule has 0 amide bonds. The van der Waals surface area contributed by atoms with Crippen molar-refractivity contribution < 1.29 is 4.79 Å². The number of anilines is 1. The highest BCUT2D eigenvalue weighted by Gasteiger charge is 2.31. The van der Waals surface area contributed by atoms with Gasteiger partial charge in [0.15, 0.2) is 0 Å². The molecule has 92 valence electrons. The van der Waals surface area contributed by atoms with Crippen LogP contribution in [-0.2, 0) is 11.2 Å². The van der Waals surface area contributed by atoms with Gasteiger partial charge in [0.05, 0.1) is 0 Å². The molecule has 0 spiro atoms. The average Bonchev–Trinajstić information content (AvgIpc) is 2.53. The number of hydrogen-bond acceptors (Lipinski definition) is 2. The molecule has 1 heterocycles. The standard InChI is InChI=1S/C14H18ClNO/c1-9(2)16-13(6-10(3)17)8-11-7-12(15)4-5-14(11)16/h4-5,7,9,13H,6,8H2,1-3H3. The van der Waals surface area contributed by atoms with Crippen molar-refractivity contribution in [2.75, 3.05) is 4.90 Å². The predicted molar refractivity (Wildman–Crippen MR) is 71.9 cm³/mol. The van der Waals surface area contributed by atoms with E-state index in [0.717, 1.165) is 11.4 Å². The molecule has 1 aliphatic heterocycles. The van der Waals surface area contributed by atoms with E-state index in [9.17, 15) is 4.79 Å². The van der Waals surface area contributed by atoms with Crippen molar-refractivity contribution in [3.63, 3.8) is 0 Å². The molecule has 1 atom stereocenters. The average molecular weight is 252 g/mol. The summed E-state index contributed by atoms with van der Waals surface area (Å²) >= 11 is 6.02. The second-order valence-corrected chi connectivity index (χ2v) is 5.47. The molecule has 0 aromatic heterocycles. The Morgan fingerprint density at radius 3 is 2.82 bits per heavy atom. The van der Waals surface area contributed by atoms with Gasteiger partial charge in [-0.15, -0.1) is 0 Å². The van der Waals surface area contributed by atoms with Gasteiger partial charge < -0.3 is 4.90 Å². The molecule has 1 aliphatic rings. The van der Waals surface area contributed by atoms with Gasteiger partial charge in [-0.2, -0.15) is 0 Å². The zero-order chi connectivity index (χ0) is 12.6. The van der Waals surface area contributed by atoms with Crippen LogP contribution in [0.2, 0.25) is 5.02 Å². The molecule has 2 nitrogen and oxygen atoms in total. The first-order chi connectivity index (χ1) is 7.99. The third-order valence-electron chi connectivity index (χ3n) is 3.25. The molecule has 0 bridgehead atoms. The lowest BCUT2D eigenvalue weighted by atomic mass is 10.1. The second kappa shape index (κ2) is 4.69. The maximum absolute atomic E-state index is 11.3. The molecule has 1 unspecified atom stereocenters. The Hall–Kier alpha value is -1.02. The lowest BCUT2D eigenvalue weighted by Gasteiger charge is -2.31. The van der Waals surface area contributed by atoms with E-state index in [1.54, 1.807) is 6.92 Å². The number of rotatable bonds is 3. The second-order valence-electron chi connectivity index (χ2n) is 5.04. The molecule has 0 saturated carbocycles. The monoisotopic (exact) mass is 251 g/mol. The van der Waals surface area contributed by atoms with E-state index in [2.05, 4.69) is 24.8 Å². The van der Waals surface area contributed by atoms with Crippen LogP contribution in [0.15, 0.2) is 18.2 Å². The number of benzene rings is 1. The van der Waals surface area contributed by atoms with Gasteiger partial charge in [-0.1, -0.05) is 11.6 Å². The Morgan fingerprint density at radius 1 is 1.53 bits per heavy atom. The number of fused-ring (bicyclic) bond motifs is 1. The van der Waals surface area contributed by atoms with E-state index in [1.165, 1.54) is 11.3 Å². The van der Waals surface area contributed by atoms with Gasteiger partial charge in [0.25, 0.3) is 0 Å². The maximum Gasteiger partial charge on any atom is 0.131 e. The number of Topliss-reactive ketones (excluding diaryl/α,β-unsaturated/α-hetero) is 1. The first-order valence-corrected chi connectivity index (χ1v) is 6.43. The maximum atomic E-state index is 11.3. The van der Waals surface area contributed by atoms with Gasteiger partial charge in [-0.05, 0) is 51.0 Å². The highest BCUT2D eigenvalue weighted by Crippen LogP contribution is 2.36. The summed E-state index contributed by atoms with van der Waals surface area (Å²) in [5, 5.41) is 0.774. The molecule has 0 radical (unpaired) electrons. The molecule has 3 heteroatoms. The van der Waals surface area contributed by atoms with E-state index in [-0.39, 0.29) is 5.78 Å². The largest absolute Gasteiger partial charge is 0.365 e. The SMILES string of the molecule is CC(=O)CC1Cc2cc(Cl)ccc2N1C(C)C. The summed E-state index contributed by atoms with van der Waals surface area (Å²) in [5.41, 5.74) is 2.49. The molecule has 17 heavy (non-hydrogen) atoms. The molecular weight excluding hydrogens is 234 g/mol. The van der Waals surface area contributed by atoms with Crippen LogP contribution in [0.1, 0.15) is 32.8 Å². The highest BCUT2D eigenvalue weighted by atomic mass is 35.5. The fourth-order valence-electron chi connectivity index (χ4n) is 2.72. The number of ketones is 1. The smallest absolute Gasteiger partial charge is 0.131 e. The van der Waals surface area contributed by atoms with Crippen LogP contribution in [0.3, 0.4) is 0 Å². The van der Waals surface area contributed by atoms with E-state index in [4.69, 9.17) is 11.6 Å². The summed E-state index contributed by atoms with van der Waals surface area (Å²) in [4.78, 5) is 13.7. The minimum absolute atomic E-state index is 0.250. The zero-order valence-corrected chi connectivity index (χ0v) is 11.3. The summed E-state index contributed by atoms with van der Waals surface area (Å²) in [7, 11) is 0. The van der Waals surface area contributed by atoms with E-state index < -0.39 is 0 Å². The topological polar surface area (TPSA) is 20.3 Å². The molecule has 0 fully saturated rings. The van der Waals surface area contributed by atoms with Gasteiger partial charge in [-0.25, -0.2) is 0 Å².